The molecule has 3 nitrogen and oxygen atoms in total. The number of carbonyl (C=O) groups is 1. The number of rotatable bonds is 2. The summed E-state index contributed by atoms with van der Waals surface area (Å²) >= 11 is 6.01. The minimum atomic E-state index is -0.163. The molecule has 2 rings (SSSR count). The first-order valence-electron chi connectivity index (χ1n) is 5.99. The third-order valence-corrected chi connectivity index (χ3v) is 3.39. The number of anilines is 1. The molecule has 2 amide bonds. The van der Waals surface area contributed by atoms with Gasteiger partial charge < -0.3 is 10.6 Å². The quantitative estimate of drug-likeness (QED) is 0.828. The Morgan fingerprint density at radius 2 is 2.06 bits per heavy atom. The first kappa shape index (κ1) is 12.2. The van der Waals surface area contributed by atoms with Crippen molar-refractivity contribution in [3.05, 3.63) is 28.8 Å². The van der Waals surface area contributed by atoms with Gasteiger partial charge in [-0.15, -0.1) is 0 Å². The van der Waals surface area contributed by atoms with Crippen LogP contribution in [0.4, 0.5) is 10.5 Å². The van der Waals surface area contributed by atoms with Crippen LogP contribution < -0.4 is 10.6 Å². The van der Waals surface area contributed by atoms with Crippen LogP contribution in [0.5, 0.6) is 0 Å². The average molecular weight is 253 g/mol. The van der Waals surface area contributed by atoms with Crippen molar-refractivity contribution in [2.45, 2.75) is 38.6 Å². The minimum Gasteiger partial charge on any atom is -0.335 e. The van der Waals surface area contributed by atoms with E-state index in [-0.39, 0.29) is 6.03 Å². The Hall–Kier alpha value is -1.22. The van der Waals surface area contributed by atoms with Gasteiger partial charge in [-0.3, -0.25) is 0 Å². The van der Waals surface area contributed by atoms with Gasteiger partial charge in [0.1, 0.15) is 0 Å². The molecule has 1 saturated carbocycles. The molecule has 0 aliphatic heterocycles. The van der Waals surface area contributed by atoms with E-state index in [0.717, 1.165) is 18.4 Å². The molecular weight excluding hydrogens is 236 g/mol. The molecule has 0 aromatic heterocycles. The van der Waals surface area contributed by atoms with Gasteiger partial charge in [-0.05, 0) is 37.5 Å². The van der Waals surface area contributed by atoms with Crippen LogP contribution in [0.3, 0.4) is 0 Å². The van der Waals surface area contributed by atoms with Gasteiger partial charge >= 0.3 is 6.03 Å². The van der Waals surface area contributed by atoms with E-state index in [9.17, 15) is 4.79 Å². The molecule has 1 aromatic rings. The van der Waals surface area contributed by atoms with Crippen LogP contribution in [0.15, 0.2) is 18.2 Å². The monoisotopic (exact) mass is 252 g/mol. The van der Waals surface area contributed by atoms with Gasteiger partial charge in [-0.25, -0.2) is 4.79 Å². The number of hydrogen-bond donors (Lipinski definition) is 2. The lowest BCUT2D eigenvalue weighted by Crippen LogP contribution is -2.36. The van der Waals surface area contributed by atoms with Crippen LogP contribution in [0.1, 0.15) is 31.2 Å². The molecule has 1 aliphatic rings. The Balaban J connectivity index is 1.95. The summed E-state index contributed by atoms with van der Waals surface area (Å²) in [5.41, 5.74) is 1.74. The molecule has 1 fully saturated rings. The second kappa shape index (κ2) is 5.41. The van der Waals surface area contributed by atoms with Crippen LogP contribution >= 0.6 is 11.6 Å². The maximum Gasteiger partial charge on any atom is 0.319 e. The molecular formula is C13H17ClN2O. The third-order valence-electron chi connectivity index (χ3n) is 3.06. The van der Waals surface area contributed by atoms with E-state index >= 15 is 0 Å². The lowest BCUT2D eigenvalue weighted by Gasteiger charge is -2.14. The summed E-state index contributed by atoms with van der Waals surface area (Å²) in [6, 6.07) is 5.74. The van der Waals surface area contributed by atoms with E-state index in [4.69, 9.17) is 11.6 Å². The molecule has 4 heteroatoms. The lowest BCUT2D eigenvalue weighted by molar-refractivity contribution is 0.248. The molecule has 1 aliphatic carbocycles. The molecule has 0 heterocycles. The van der Waals surface area contributed by atoms with E-state index in [1.165, 1.54) is 12.8 Å². The van der Waals surface area contributed by atoms with Crippen LogP contribution in [0.25, 0.3) is 0 Å². The molecule has 2 N–H and O–H groups in total. The number of aryl methyl sites for hydroxylation is 1. The normalized spacial score (nSPS) is 15.9. The maximum atomic E-state index is 11.8. The Morgan fingerprint density at radius 3 is 2.76 bits per heavy atom. The first-order valence-corrected chi connectivity index (χ1v) is 6.36. The largest absolute Gasteiger partial charge is 0.335 e. The third kappa shape index (κ3) is 3.37. The molecule has 0 bridgehead atoms. The SMILES string of the molecule is Cc1ccc(Cl)c(NC(=O)NC2CCCC2)c1. The summed E-state index contributed by atoms with van der Waals surface area (Å²) < 4.78 is 0. The average Bonchev–Trinajstić information content (AvgIpc) is 2.76. The van der Waals surface area contributed by atoms with E-state index in [0.29, 0.717) is 16.8 Å². The second-order valence-electron chi connectivity index (χ2n) is 4.56. The molecule has 0 saturated heterocycles. The Kier molecular flexibility index (Phi) is 3.89. The number of urea groups is 1. The van der Waals surface area contributed by atoms with Gasteiger partial charge in [0.15, 0.2) is 0 Å². The van der Waals surface area contributed by atoms with Crippen molar-refractivity contribution in [1.29, 1.82) is 0 Å². The molecule has 17 heavy (non-hydrogen) atoms. The lowest BCUT2D eigenvalue weighted by atomic mass is 10.2. The van der Waals surface area contributed by atoms with Gasteiger partial charge in [-0.1, -0.05) is 30.5 Å². The number of amides is 2. The fraction of sp³-hybridized carbons (Fsp3) is 0.462. The molecule has 0 unspecified atom stereocenters. The van der Waals surface area contributed by atoms with Crippen LogP contribution in [0.2, 0.25) is 5.02 Å². The summed E-state index contributed by atoms with van der Waals surface area (Å²) in [4.78, 5) is 11.8. The molecule has 0 atom stereocenters. The highest BCUT2D eigenvalue weighted by atomic mass is 35.5. The van der Waals surface area contributed by atoms with Crippen molar-refractivity contribution >= 4 is 23.3 Å². The molecule has 0 spiro atoms. The number of hydrogen-bond acceptors (Lipinski definition) is 1. The zero-order valence-electron chi connectivity index (χ0n) is 9.92. The molecule has 92 valence electrons. The number of benzene rings is 1. The van der Waals surface area contributed by atoms with E-state index in [1.54, 1.807) is 6.07 Å². The summed E-state index contributed by atoms with van der Waals surface area (Å²) in [5.74, 6) is 0. The van der Waals surface area contributed by atoms with Gasteiger partial charge in [0, 0.05) is 6.04 Å². The summed E-state index contributed by atoms with van der Waals surface area (Å²) in [5, 5.41) is 6.33. The highest BCUT2D eigenvalue weighted by molar-refractivity contribution is 6.33. The summed E-state index contributed by atoms with van der Waals surface area (Å²) in [7, 11) is 0. The van der Waals surface area contributed by atoms with Gasteiger partial charge in [0.25, 0.3) is 0 Å². The number of nitrogens with one attached hydrogen (secondary N) is 2. The zero-order valence-corrected chi connectivity index (χ0v) is 10.7. The first-order chi connectivity index (χ1) is 8.15. The van der Waals surface area contributed by atoms with Gasteiger partial charge in [0.2, 0.25) is 0 Å². The van der Waals surface area contributed by atoms with Crippen LogP contribution in [-0.4, -0.2) is 12.1 Å². The fourth-order valence-corrected chi connectivity index (χ4v) is 2.31. The molecule has 1 aromatic carbocycles. The number of halogens is 1. The fourth-order valence-electron chi connectivity index (χ4n) is 2.15. The second-order valence-corrected chi connectivity index (χ2v) is 4.97. The van der Waals surface area contributed by atoms with Crippen LogP contribution in [0, 0.1) is 6.92 Å². The topological polar surface area (TPSA) is 41.1 Å². The predicted molar refractivity (Wildman–Crippen MR) is 70.6 cm³/mol. The van der Waals surface area contributed by atoms with Gasteiger partial charge in [0.05, 0.1) is 10.7 Å². The summed E-state index contributed by atoms with van der Waals surface area (Å²) in [6.45, 7) is 1.97. The van der Waals surface area contributed by atoms with Crippen molar-refractivity contribution in [3.63, 3.8) is 0 Å². The Morgan fingerprint density at radius 1 is 1.35 bits per heavy atom. The van der Waals surface area contributed by atoms with Crippen molar-refractivity contribution in [3.8, 4) is 0 Å². The van der Waals surface area contributed by atoms with Crippen molar-refractivity contribution < 1.29 is 4.79 Å². The van der Waals surface area contributed by atoms with Gasteiger partial charge in [-0.2, -0.15) is 0 Å². The highest BCUT2D eigenvalue weighted by Gasteiger charge is 2.17. The van der Waals surface area contributed by atoms with Crippen molar-refractivity contribution in [1.82, 2.24) is 5.32 Å². The van der Waals surface area contributed by atoms with Crippen molar-refractivity contribution in [2.75, 3.05) is 5.32 Å². The molecule has 0 radical (unpaired) electrons. The predicted octanol–water partition coefficient (Wildman–Crippen LogP) is 3.71. The van der Waals surface area contributed by atoms with E-state index in [1.807, 2.05) is 19.1 Å². The summed E-state index contributed by atoms with van der Waals surface area (Å²) in [6.07, 6.45) is 4.57. The zero-order chi connectivity index (χ0) is 12.3. The number of carbonyl (C=O) groups excluding carboxylic acids is 1. The Labute approximate surface area is 107 Å². The highest BCUT2D eigenvalue weighted by Crippen LogP contribution is 2.23. The maximum absolute atomic E-state index is 11.8. The van der Waals surface area contributed by atoms with E-state index < -0.39 is 0 Å². The smallest absolute Gasteiger partial charge is 0.319 e. The minimum absolute atomic E-state index is 0.163. The Bertz CT molecular complexity index is 414. The van der Waals surface area contributed by atoms with E-state index in [2.05, 4.69) is 10.6 Å². The van der Waals surface area contributed by atoms with Crippen LogP contribution in [-0.2, 0) is 0 Å². The standard InChI is InChI=1S/C13H17ClN2O/c1-9-6-7-11(14)12(8-9)16-13(17)15-10-4-2-3-5-10/h6-8,10H,2-5H2,1H3,(H2,15,16,17). The van der Waals surface area contributed by atoms with Crippen molar-refractivity contribution in [2.24, 2.45) is 0 Å².